The van der Waals surface area contributed by atoms with Crippen molar-refractivity contribution in [2.24, 2.45) is 5.92 Å². The van der Waals surface area contributed by atoms with E-state index in [1.807, 2.05) is 24.4 Å². The molecule has 1 amide bonds. The zero-order chi connectivity index (χ0) is 20.1. The molecule has 2 aromatic rings. The first-order valence-electron chi connectivity index (χ1n) is 11.2. The van der Waals surface area contributed by atoms with Crippen molar-refractivity contribution in [3.63, 3.8) is 0 Å². The van der Waals surface area contributed by atoms with Gasteiger partial charge in [-0.1, -0.05) is 38.2 Å². The number of likely N-dealkylation sites (tertiary alicyclic amines) is 1. The molecular weight excluding hydrogens is 382 g/mol. The van der Waals surface area contributed by atoms with Crippen LogP contribution in [0.4, 0.5) is 0 Å². The van der Waals surface area contributed by atoms with Gasteiger partial charge in [-0.3, -0.25) is 9.69 Å². The van der Waals surface area contributed by atoms with Crippen LogP contribution in [0.25, 0.3) is 10.8 Å². The van der Waals surface area contributed by atoms with Crippen molar-refractivity contribution in [3.8, 4) is 10.8 Å². The number of aromatic nitrogens is 1. The van der Waals surface area contributed by atoms with Gasteiger partial charge in [-0.05, 0) is 50.6 Å². The van der Waals surface area contributed by atoms with Gasteiger partial charge in [0.1, 0.15) is 5.76 Å². The summed E-state index contributed by atoms with van der Waals surface area (Å²) in [7, 11) is 0. The van der Waals surface area contributed by atoms with Gasteiger partial charge < -0.3 is 9.73 Å². The van der Waals surface area contributed by atoms with Crippen LogP contribution in [-0.4, -0.2) is 34.9 Å². The average Bonchev–Trinajstić information content (AvgIpc) is 3.34. The fraction of sp³-hybridized carbons (Fsp3) is 0.652. The van der Waals surface area contributed by atoms with Gasteiger partial charge in [0.25, 0.3) is 0 Å². The molecule has 1 saturated carbocycles. The number of thiophene rings is 1. The molecule has 2 aromatic heterocycles. The summed E-state index contributed by atoms with van der Waals surface area (Å²) in [6.07, 6.45) is 10.8. The lowest BCUT2D eigenvalue weighted by atomic mass is 9.94. The summed E-state index contributed by atoms with van der Waals surface area (Å²) in [4.78, 5) is 21.1. The number of nitrogens with zero attached hydrogens (tertiary/aromatic N) is 2. The van der Waals surface area contributed by atoms with E-state index in [-0.39, 0.29) is 11.8 Å². The summed E-state index contributed by atoms with van der Waals surface area (Å²) in [5.74, 6) is 1.95. The minimum absolute atomic E-state index is 0.0955. The smallest absolute Gasteiger partial charge is 0.236 e. The second-order valence-corrected chi connectivity index (χ2v) is 9.57. The average molecular weight is 416 g/mol. The van der Waals surface area contributed by atoms with Crippen molar-refractivity contribution in [3.05, 3.63) is 29.0 Å². The summed E-state index contributed by atoms with van der Waals surface area (Å²) < 4.78 is 5.89. The minimum atomic E-state index is 0.0955. The maximum Gasteiger partial charge on any atom is 0.236 e. The van der Waals surface area contributed by atoms with Crippen molar-refractivity contribution in [2.75, 3.05) is 13.1 Å². The fourth-order valence-electron chi connectivity index (χ4n) is 4.62. The number of amides is 1. The molecule has 0 spiro atoms. The highest BCUT2D eigenvalue weighted by atomic mass is 32.1. The molecule has 1 aliphatic heterocycles. The van der Waals surface area contributed by atoms with Crippen molar-refractivity contribution in [1.82, 2.24) is 15.2 Å². The summed E-state index contributed by atoms with van der Waals surface area (Å²) >= 11 is 1.64. The van der Waals surface area contributed by atoms with E-state index in [0.29, 0.717) is 11.9 Å². The van der Waals surface area contributed by atoms with Crippen molar-refractivity contribution < 1.29 is 9.21 Å². The second-order valence-electron chi connectivity index (χ2n) is 8.62. The lowest BCUT2D eigenvalue weighted by molar-refractivity contribution is -0.127. The predicted octanol–water partition coefficient (Wildman–Crippen LogP) is 5.15. The van der Waals surface area contributed by atoms with Crippen molar-refractivity contribution in [1.29, 1.82) is 0 Å². The first-order chi connectivity index (χ1) is 14.2. The monoisotopic (exact) mass is 415 g/mol. The predicted molar refractivity (Wildman–Crippen MR) is 117 cm³/mol. The number of carbonyl (C=O) groups excluding carboxylic acids is 1. The molecule has 3 heterocycles. The Bertz CT molecular complexity index is 778. The molecule has 2 aliphatic rings. The molecule has 1 atom stereocenters. The third-order valence-electron chi connectivity index (χ3n) is 6.33. The number of aryl methyl sites for hydroxylation is 1. The van der Waals surface area contributed by atoms with Gasteiger partial charge in [-0.2, -0.15) is 0 Å². The van der Waals surface area contributed by atoms with Crippen LogP contribution in [-0.2, 0) is 11.3 Å². The zero-order valence-electron chi connectivity index (χ0n) is 17.5. The van der Waals surface area contributed by atoms with Gasteiger partial charge in [0.2, 0.25) is 11.8 Å². The minimum Gasteiger partial charge on any atom is -0.440 e. The first-order valence-corrected chi connectivity index (χ1v) is 12.1. The summed E-state index contributed by atoms with van der Waals surface area (Å²) in [5, 5.41) is 5.42. The molecule has 6 heteroatoms. The standard InChI is InChI=1S/C23H33N3O2S/c1-17-20(25-23(28-17)21-12-8-14-29-21)16-26-13-7-9-18(15-26)22(27)24-19-10-5-3-2-4-6-11-19/h8,12,14,18-19H,2-7,9-11,13,15-16H2,1H3,(H,24,27). The van der Waals surface area contributed by atoms with Gasteiger partial charge in [0.05, 0.1) is 16.5 Å². The van der Waals surface area contributed by atoms with Gasteiger partial charge in [-0.15, -0.1) is 11.3 Å². The van der Waals surface area contributed by atoms with Gasteiger partial charge in [0.15, 0.2) is 0 Å². The van der Waals surface area contributed by atoms with Crippen LogP contribution in [0.2, 0.25) is 0 Å². The molecule has 158 valence electrons. The summed E-state index contributed by atoms with van der Waals surface area (Å²) in [6, 6.07) is 4.43. The summed E-state index contributed by atoms with van der Waals surface area (Å²) in [6.45, 7) is 4.59. The van der Waals surface area contributed by atoms with Crippen LogP contribution in [0.15, 0.2) is 21.9 Å². The number of rotatable bonds is 5. The lowest BCUT2D eigenvalue weighted by Gasteiger charge is -2.32. The number of carbonyl (C=O) groups is 1. The maximum atomic E-state index is 12.9. The highest BCUT2D eigenvalue weighted by Crippen LogP contribution is 2.27. The Morgan fingerprint density at radius 1 is 1.21 bits per heavy atom. The second kappa shape index (κ2) is 9.90. The Hall–Kier alpha value is -1.66. The van der Waals surface area contributed by atoms with E-state index in [1.165, 1.54) is 32.1 Å². The van der Waals surface area contributed by atoms with E-state index in [1.54, 1.807) is 11.3 Å². The van der Waals surface area contributed by atoms with E-state index in [9.17, 15) is 4.79 Å². The van der Waals surface area contributed by atoms with Crippen LogP contribution in [0.3, 0.4) is 0 Å². The number of hydrogen-bond donors (Lipinski definition) is 1. The van der Waals surface area contributed by atoms with E-state index in [2.05, 4.69) is 10.2 Å². The molecule has 29 heavy (non-hydrogen) atoms. The number of hydrogen-bond acceptors (Lipinski definition) is 5. The number of piperidine rings is 1. The van der Waals surface area contributed by atoms with Crippen LogP contribution in [0.1, 0.15) is 69.2 Å². The molecule has 1 unspecified atom stereocenters. The van der Waals surface area contributed by atoms with Gasteiger partial charge in [-0.25, -0.2) is 4.98 Å². The Kier molecular flexibility index (Phi) is 7.03. The molecule has 1 aliphatic carbocycles. The van der Waals surface area contributed by atoms with Gasteiger partial charge >= 0.3 is 0 Å². The number of nitrogens with one attached hydrogen (secondary N) is 1. The first kappa shape index (κ1) is 20.6. The Morgan fingerprint density at radius 3 is 2.76 bits per heavy atom. The molecule has 2 fully saturated rings. The molecular formula is C23H33N3O2S. The molecule has 0 bridgehead atoms. The maximum absolute atomic E-state index is 12.9. The van der Waals surface area contributed by atoms with E-state index >= 15 is 0 Å². The molecule has 1 N–H and O–H groups in total. The molecule has 5 nitrogen and oxygen atoms in total. The van der Waals surface area contributed by atoms with Crippen molar-refractivity contribution >= 4 is 17.2 Å². The van der Waals surface area contributed by atoms with Crippen LogP contribution < -0.4 is 5.32 Å². The van der Waals surface area contributed by atoms with E-state index < -0.39 is 0 Å². The zero-order valence-corrected chi connectivity index (χ0v) is 18.3. The largest absolute Gasteiger partial charge is 0.440 e. The van der Waals surface area contributed by atoms with Crippen LogP contribution >= 0.6 is 11.3 Å². The van der Waals surface area contributed by atoms with Crippen LogP contribution in [0.5, 0.6) is 0 Å². The molecule has 1 saturated heterocycles. The SMILES string of the molecule is Cc1oc(-c2cccs2)nc1CN1CCCC(C(=O)NC2CCCCCCC2)C1. The third kappa shape index (κ3) is 5.48. The Morgan fingerprint density at radius 2 is 2.00 bits per heavy atom. The molecule has 0 aromatic carbocycles. The Balaban J connectivity index is 1.33. The fourth-order valence-corrected chi connectivity index (χ4v) is 5.27. The van der Waals surface area contributed by atoms with E-state index in [4.69, 9.17) is 9.40 Å². The highest BCUT2D eigenvalue weighted by Gasteiger charge is 2.28. The summed E-state index contributed by atoms with van der Waals surface area (Å²) in [5.41, 5.74) is 0.995. The topological polar surface area (TPSA) is 58.4 Å². The third-order valence-corrected chi connectivity index (χ3v) is 7.18. The normalized spacial score (nSPS) is 22.2. The lowest BCUT2D eigenvalue weighted by Crippen LogP contribution is -2.45. The van der Waals surface area contributed by atoms with E-state index in [0.717, 1.165) is 61.6 Å². The Labute approximate surface area is 177 Å². The number of oxazole rings is 1. The molecule has 0 radical (unpaired) electrons. The van der Waals surface area contributed by atoms with Crippen molar-refractivity contribution in [2.45, 2.75) is 77.3 Å². The quantitative estimate of drug-likeness (QED) is 0.733. The van der Waals surface area contributed by atoms with Crippen LogP contribution in [0, 0.1) is 12.8 Å². The van der Waals surface area contributed by atoms with Gasteiger partial charge in [0, 0.05) is 19.1 Å². The highest BCUT2D eigenvalue weighted by molar-refractivity contribution is 7.13. The molecule has 4 rings (SSSR count).